The van der Waals surface area contributed by atoms with E-state index in [0.717, 1.165) is 0 Å². The van der Waals surface area contributed by atoms with Gasteiger partial charge < -0.3 is 4.74 Å². The first-order valence-electron chi connectivity index (χ1n) is 5.83. The van der Waals surface area contributed by atoms with Crippen LogP contribution in [0.5, 0.6) is 5.75 Å². The van der Waals surface area contributed by atoms with Crippen LogP contribution < -0.4 is 4.74 Å². The number of nitriles is 1. The van der Waals surface area contributed by atoms with Crippen molar-refractivity contribution in [3.05, 3.63) is 71.6 Å². The van der Waals surface area contributed by atoms with Crippen molar-refractivity contribution in [1.29, 1.82) is 5.26 Å². The average Bonchev–Trinajstić information content (AvgIpc) is 2.47. The summed E-state index contributed by atoms with van der Waals surface area (Å²) in [5, 5.41) is 8.87. The van der Waals surface area contributed by atoms with Gasteiger partial charge in [0.15, 0.2) is 0 Å². The quantitative estimate of drug-likeness (QED) is 0.487. The molecular weight excluding hydrogens is 257 g/mol. The molecule has 0 aromatic heterocycles. The molecule has 0 saturated carbocycles. The molecule has 0 unspecified atom stereocenters. The van der Waals surface area contributed by atoms with Gasteiger partial charge in [-0.25, -0.2) is 9.18 Å². The van der Waals surface area contributed by atoms with Crippen LogP contribution >= 0.6 is 0 Å². The first-order chi connectivity index (χ1) is 9.69. The molecule has 0 aliphatic heterocycles. The number of benzene rings is 2. The van der Waals surface area contributed by atoms with Gasteiger partial charge in [-0.15, -0.1) is 0 Å². The van der Waals surface area contributed by atoms with Gasteiger partial charge in [0.05, 0.1) is 5.56 Å². The second kappa shape index (κ2) is 6.30. The third kappa shape index (κ3) is 3.53. The lowest BCUT2D eigenvalue weighted by atomic mass is 10.2. The number of carbonyl (C=O) groups is 1. The zero-order valence-corrected chi connectivity index (χ0v) is 10.4. The van der Waals surface area contributed by atoms with Gasteiger partial charge in [0.1, 0.15) is 17.6 Å². The highest BCUT2D eigenvalue weighted by atomic mass is 19.1. The van der Waals surface area contributed by atoms with E-state index in [9.17, 15) is 9.18 Å². The summed E-state index contributed by atoms with van der Waals surface area (Å²) in [5.41, 5.74) is 0.966. The van der Waals surface area contributed by atoms with Crippen molar-refractivity contribution in [2.45, 2.75) is 0 Å². The topological polar surface area (TPSA) is 50.1 Å². The first-order valence-corrected chi connectivity index (χ1v) is 5.83. The van der Waals surface area contributed by atoms with Crippen LogP contribution in [-0.4, -0.2) is 5.97 Å². The summed E-state index contributed by atoms with van der Waals surface area (Å²) in [7, 11) is 0. The van der Waals surface area contributed by atoms with E-state index in [0.29, 0.717) is 5.56 Å². The minimum atomic E-state index is -0.600. The maximum Gasteiger partial charge on any atom is 0.336 e. The van der Waals surface area contributed by atoms with E-state index in [1.165, 1.54) is 24.3 Å². The lowest BCUT2D eigenvalue weighted by Crippen LogP contribution is -2.04. The number of hydrogen-bond acceptors (Lipinski definition) is 3. The molecule has 0 radical (unpaired) electrons. The molecule has 2 aromatic rings. The van der Waals surface area contributed by atoms with E-state index in [-0.39, 0.29) is 17.1 Å². The van der Waals surface area contributed by atoms with Gasteiger partial charge in [-0.2, -0.15) is 5.26 Å². The Morgan fingerprint density at radius 2 is 1.85 bits per heavy atom. The molecule has 0 aliphatic rings. The second-order valence-corrected chi connectivity index (χ2v) is 3.91. The molecule has 0 bridgehead atoms. The van der Waals surface area contributed by atoms with Crippen LogP contribution in [0.25, 0.3) is 6.08 Å². The molecule has 0 fully saturated rings. The van der Waals surface area contributed by atoms with E-state index < -0.39 is 5.97 Å². The molecule has 0 aliphatic carbocycles. The Hall–Kier alpha value is -2.93. The van der Waals surface area contributed by atoms with Crippen molar-refractivity contribution in [3.63, 3.8) is 0 Å². The lowest BCUT2D eigenvalue weighted by molar-refractivity contribution is -0.128. The van der Waals surface area contributed by atoms with Crippen LogP contribution in [0.15, 0.2) is 54.6 Å². The minimum absolute atomic E-state index is 0.212. The number of rotatable bonds is 3. The summed E-state index contributed by atoms with van der Waals surface area (Å²) >= 11 is 0. The van der Waals surface area contributed by atoms with E-state index in [2.05, 4.69) is 0 Å². The Kier molecular flexibility index (Phi) is 4.25. The van der Waals surface area contributed by atoms with Crippen LogP contribution in [-0.2, 0) is 4.79 Å². The fourth-order valence-corrected chi connectivity index (χ4v) is 1.53. The second-order valence-electron chi connectivity index (χ2n) is 3.91. The summed E-state index contributed by atoms with van der Waals surface area (Å²) in [6.45, 7) is 0. The largest absolute Gasteiger partial charge is 0.422 e. The van der Waals surface area contributed by atoms with Gasteiger partial charge in [-0.1, -0.05) is 24.3 Å². The Labute approximate surface area is 115 Å². The van der Waals surface area contributed by atoms with Crippen molar-refractivity contribution >= 4 is 12.0 Å². The zero-order chi connectivity index (χ0) is 14.4. The standard InChI is InChI=1S/C16H10FNO2/c17-14-8-5-12(6-9-14)7-10-16(19)20-15-4-2-1-3-13(15)11-18/h1-10H/b10-7+. The third-order valence-corrected chi connectivity index (χ3v) is 2.50. The molecule has 20 heavy (non-hydrogen) atoms. The molecule has 0 amide bonds. The van der Waals surface area contributed by atoms with E-state index >= 15 is 0 Å². The van der Waals surface area contributed by atoms with Gasteiger partial charge in [0, 0.05) is 6.08 Å². The number of ether oxygens (including phenoxy) is 1. The number of hydrogen-bond donors (Lipinski definition) is 0. The smallest absolute Gasteiger partial charge is 0.336 e. The van der Waals surface area contributed by atoms with Crippen molar-refractivity contribution in [2.24, 2.45) is 0 Å². The van der Waals surface area contributed by atoms with Crippen molar-refractivity contribution < 1.29 is 13.9 Å². The Morgan fingerprint density at radius 1 is 1.15 bits per heavy atom. The van der Waals surface area contributed by atoms with Crippen LogP contribution in [0.1, 0.15) is 11.1 Å². The Morgan fingerprint density at radius 3 is 2.55 bits per heavy atom. The predicted molar refractivity (Wildman–Crippen MR) is 72.2 cm³/mol. The van der Waals surface area contributed by atoms with Crippen LogP contribution in [0.2, 0.25) is 0 Å². The highest BCUT2D eigenvalue weighted by Crippen LogP contribution is 2.17. The lowest BCUT2D eigenvalue weighted by Gasteiger charge is -2.02. The maximum atomic E-state index is 12.7. The number of esters is 1. The van der Waals surface area contributed by atoms with Crippen LogP contribution in [0, 0.1) is 17.1 Å². The Bertz CT molecular complexity index is 684. The summed E-state index contributed by atoms with van der Waals surface area (Å²) in [6.07, 6.45) is 2.73. The molecule has 0 saturated heterocycles. The molecule has 0 atom stereocenters. The summed E-state index contributed by atoms with van der Waals surface area (Å²) in [5.74, 6) is -0.728. The van der Waals surface area contributed by atoms with Gasteiger partial charge in [0.25, 0.3) is 0 Å². The van der Waals surface area contributed by atoms with Crippen molar-refractivity contribution in [2.75, 3.05) is 0 Å². The molecule has 0 heterocycles. The highest BCUT2D eigenvalue weighted by Gasteiger charge is 2.05. The highest BCUT2D eigenvalue weighted by molar-refractivity contribution is 5.89. The van der Waals surface area contributed by atoms with Crippen LogP contribution in [0.4, 0.5) is 4.39 Å². The molecule has 2 rings (SSSR count). The fourth-order valence-electron chi connectivity index (χ4n) is 1.53. The molecule has 0 N–H and O–H groups in total. The van der Waals surface area contributed by atoms with Gasteiger partial charge in [-0.05, 0) is 35.9 Å². The third-order valence-electron chi connectivity index (χ3n) is 2.50. The van der Waals surface area contributed by atoms with E-state index in [1.54, 1.807) is 36.4 Å². The predicted octanol–water partition coefficient (Wildman–Crippen LogP) is 3.32. The summed E-state index contributed by atoms with van der Waals surface area (Å²) in [6, 6.07) is 14.1. The van der Waals surface area contributed by atoms with Crippen molar-refractivity contribution in [3.8, 4) is 11.8 Å². The van der Waals surface area contributed by atoms with E-state index in [4.69, 9.17) is 10.00 Å². The molecular formula is C16H10FNO2. The summed E-state index contributed by atoms with van der Waals surface area (Å²) in [4.78, 5) is 11.6. The van der Waals surface area contributed by atoms with E-state index in [1.807, 2.05) is 6.07 Å². The average molecular weight is 267 g/mol. The molecule has 98 valence electrons. The zero-order valence-electron chi connectivity index (χ0n) is 10.4. The normalized spacial score (nSPS) is 10.2. The minimum Gasteiger partial charge on any atom is -0.422 e. The Balaban J connectivity index is 2.06. The van der Waals surface area contributed by atoms with Gasteiger partial charge in [0.2, 0.25) is 0 Å². The maximum absolute atomic E-state index is 12.7. The number of nitrogens with zero attached hydrogens (tertiary/aromatic N) is 1. The SMILES string of the molecule is N#Cc1ccccc1OC(=O)/C=C/c1ccc(F)cc1. The number of para-hydroxylation sites is 1. The molecule has 0 spiro atoms. The fraction of sp³-hybridized carbons (Fsp3) is 0. The van der Waals surface area contributed by atoms with Gasteiger partial charge >= 0.3 is 5.97 Å². The number of carbonyl (C=O) groups excluding carboxylic acids is 1. The molecule has 2 aromatic carbocycles. The van der Waals surface area contributed by atoms with Gasteiger partial charge in [-0.3, -0.25) is 0 Å². The monoisotopic (exact) mass is 267 g/mol. The molecule has 3 nitrogen and oxygen atoms in total. The number of halogens is 1. The first kappa shape index (κ1) is 13.5. The summed E-state index contributed by atoms with van der Waals surface area (Å²) < 4.78 is 17.8. The van der Waals surface area contributed by atoms with Crippen molar-refractivity contribution in [1.82, 2.24) is 0 Å². The van der Waals surface area contributed by atoms with Crippen LogP contribution in [0.3, 0.4) is 0 Å². The molecule has 4 heteroatoms.